The molecule has 0 bridgehead atoms. The van der Waals surface area contributed by atoms with Crippen molar-refractivity contribution in [3.8, 4) is 5.75 Å². The summed E-state index contributed by atoms with van der Waals surface area (Å²) in [5.41, 5.74) is 2.26. The molecule has 0 aliphatic rings. The van der Waals surface area contributed by atoms with E-state index in [9.17, 15) is 0 Å². The van der Waals surface area contributed by atoms with E-state index in [0.717, 1.165) is 28.7 Å². The predicted octanol–water partition coefficient (Wildman–Crippen LogP) is 4.28. The molecule has 0 aliphatic carbocycles. The van der Waals surface area contributed by atoms with E-state index in [1.54, 1.807) is 11.3 Å². The fourth-order valence-corrected chi connectivity index (χ4v) is 2.54. The summed E-state index contributed by atoms with van der Waals surface area (Å²) < 4.78 is 5.74. The van der Waals surface area contributed by atoms with Gasteiger partial charge in [0.25, 0.3) is 0 Å². The summed E-state index contributed by atoms with van der Waals surface area (Å²) in [5.74, 6) is 1.35. The third-order valence-corrected chi connectivity index (χ3v) is 3.60. The van der Waals surface area contributed by atoms with Gasteiger partial charge in [-0.1, -0.05) is 13.8 Å². The zero-order chi connectivity index (χ0) is 13.7. The number of hydrogen-bond acceptors (Lipinski definition) is 4. The summed E-state index contributed by atoms with van der Waals surface area (Å²) in [5, 5.41) is 6.39. The summed E-state index contributed by atoms with van der Waals surface area (Å²) in [7, 11) is 0. The van der Waals surface area contributed by atoms with E-state index in [-0.39, 0.29) is 0 Å². The number of ether oxygens (including phenoxy) is 1. The van der Waals surface area contributed by atoms with Crippen molar-refractivity contribution in [1.82, 2.24) is 4.98 Å². The Morgan fingerprint density at radius 3 is 2.58 bits per heavy atom. The molecule has 102 valence electrons. The molecule has 0 fully saturated rings. The second kappa shape index (κ2) is 6.57. The Labute approximate surface area is 118 Å². The monoisotopic (exact) mass is 276 g/mol. The summed E-state index contributed by atoms with van der Waals surface area (Å²) in [6, 6.07) is 8.02. The lowest BCUT2D eigenvalue weighted by molar-refractivity contribution is 0.305. The Kier molecular flexibility index (Phi) is 4.80. The number of rotatable bonds is 6. The zero-order valence-electron chi connectivity index (χ0n) is 11.6. The Bertz CT molecular complexity index is 505. The van der Waals surface area contributed by atoms with Crippen LogP contribution in [0.15, 0.2) is 29.6 Å². The molecule has 0 saturated carbocycles. The molecule has 1 aromatic heterocycles. The first kappa shape index (κ1) is 13.9. The standard InChI is InChI=1S/C15H20N2OS/c1-4-16-12-5-7-13(8-6-12)18-9-15-17-14(10-19-15)11(2)3/h5-8,10-11,16H,4,9H2,1-3H3. The number of benzene rings is 1. The number of nitrogens with one attached hydrogen (secondary N) is 1. The fraction of sp³-hybridized carbons (Fsp3) is 0.400. The van der Waals surface area contributed by atoms with Crippen molar-refractivity contribution in [2.75, 3.05) is 11.9 Å². The molecule has 2 rings (SSSR count). The number of hydrogen-bond donors (Lipinski definition) is 1. The summed E-state index contributed by atoms with van der Waals surface area (Å²) in [6.45, 7) is 7.85. The molecule has 0 spiro atoms. The van der Waals surface area contributed by atoms with Crippen molar-refractivity contribution >= 4 is 17.0 Å². The van der Waals surface area contributed by atoms with Gasteiger partial charge in [-0.15, -0.1) is 11.3 Å². The highest BCUT2D eigenvalue weighted by molar-refractivity contribution is 7.09. The predicted molar refractivity (Wildman–Crippen MR) is 81.1 cm³/mol. The van der Waals surface area contributed by atoms with Crippen LogP contribution < -0.4 is 10.1 Å². The SMILES string of the molecule is CCNc1ccc(OCc2nc(C(C)C)cs2)cc1. The maximum Gasteiger partial charge on any atom is 0.140 e. The van der Waals surface area contributed by atoms with Crippen LogP contribution in [0.25, 0.3) is 0 Å². The first-order valence-electron chi connectivity index (χ1n) is 6.60. The van der Waals surface area contributed by atoms with Crippen LogP contribution in [0.3, 0.4) is 0 Å². The van der Waals surface area contributed by atoms with Crippen molar-refractivity contribution in [2.45, 2.75) is 33.3 Å². The van der Waals surface area contributed by atoms with Gasteiger partial charge in [-0.05, 0) is 37.1 Å². The maximum atomic E-state index is 5.74. The van der Waals surface area contributed by atoms with Gasteiger partial charge in [0.2, 0.25) is 0 Å². The minimum atomic E-state index is 0.476. The smallest absolute Gasteiger partial charge is 0.140 e. The highest BCUT2D eigenvalue weighted by Crippen LogP contribution is 2.20. The first-order chi connectivity index (χ1) is 9.19. The second-order valence-corrected chi connectivity index (χ2v) is 5.61. The van der Waals surface area contributed by atoms with Gasteiger partial charge in [0.1, 0.15) is 17.4 Å². The summed E-state index contributed by atoms with van der Waals surface area (Å²) in [4.78, 5) is 4.55. The van der Waals surface area contributed by atoms with Crippen LogP contribution in [0.2, 0.25) is 0 Å². The van der Waals surface area contributed by atoms with Gasteiger partial charge in [-0.3, -0.25) is 0 Å². The van der Waals surface area contributed by atoms with Crippen LogP contribution in [0.5, 0.6) is 5.75 Å². The van der Waals surface area contributed by atoms with Crippen molar-refractivity contribution in [2.24, 2.45) is 0 Å². The Balaban J connectivity index is 1.90. The highest BCUT2D eigenvalue weighted by atomic mass is 32.1. The molecular formula is C15H20N2OS. The molecule has 2 aromatic rings. The van der Waals surface area contributed by atoms with E-state index < -0.39 is 0 Å². The van der Waals surface area contributed by atoms with Gasteiger partial charge in [0.15, 0.2) is 0 Å². The molecule has 3 nitrogen and oxygen atoms in total. The lowest BCUT2D eigenvalue weighted by atomic mass is 10.2. The third kappa shape index (κ3) is 3.96. The van der Waals surface area contributed by atoms with Crippen molar-refractivity contribution in [3.05, 3.63) is 40.3 Å². The van der Waals surface area contributed by atoms with Crippen LogP contribution in [-0.2, 0) is 6.61 Å². The molecule has 1 N–H and O–H groups in total. The molecule has 19 heavy (non-hydrogen) atoms. The van der Waals surface area contributed by atoms with Gasteiger partial charge >= 0.3 is 0 Å². The van der Waals surface area contributed by atoms with Crippen molar-refractivity contribution < 1.29 is 4.74 Å². The van der Waals surface area contributed by atoms with E-state index in [0.29, 0.717) is 12.5 Å². The molecular weight excluding hydrogens is 256 g/mol. The molecule has 1 aromatic carbocycles. The second-order valence-electron chi connectivity index (χ2n) is 4.66. The normalized spacial score (nSPS) is 10.7. The van der Waals surface area contributed by atoms with Gasteiger partial charge in [0.05, 0.1) is 5.69 Å². The number of nitrogens with zero attached hydrogens (tertiary/aromatic N) is 1. The van der Waals surface area contributed by atoms with Gasteiger partial charge in [-0.2, -0.15) is 0 Å². The van der Waals surface area contributed by atoms with Crippen LogP contribution in [0, 0.1) is 0 Å². The Morgan fingerprint density at radius 1 is 1.26 bits per heavy atom. The van der Waals surface area contributed by atoms with Gasteiger partial charge in [0, 0.05) is 17.6 Å². The van der Waals surface area contributed by atoms with Crippen LogP contribution in [0.4, 0.5) is 5.69 Å². The average Bonchev–Trinajstić information content (AvgIpc) is 2.87. The minimum absolute atomic E-state index is 0.476. The topological polar surface area (TPSA) is 34.1 Å². The quantitative estimate of drug-likeness (QED) is 0.855. The number of thiazole rings is 1. The Hall–Kier alpha value is -1.55. The summed E-state index contributed by atoms with van der Waals surface area (Å²) >= 11 is 1.66. The molecule has 1 heterocycles. The van der Waals surface area contributed by atoms with Gasteiger partial charge in [-0.25, -0.2) is 4.98 Å². The number of anilines is 1. The van der Waals surface area contributed by atoms with Crippen molar-refractivity contribution in [1.29, 1.82) is 0 Å². The zero-order valence-corrected chi connectivity index (χ0v) is 12.5. The van der Waals surface area contributed by atoms with Gasteiger partial charge < -0.3 is 10.1 Å². The lowest BCUT2D eigenvalue weighted by Gasteiger charge is -2.06. The Morgan fingerprint density at radius 2 is 2.00 bits per heavy atom. The molecule has 0 atom stereocenters. The molecule has 0 amide bonds. The fourth-order valence-electron chi connectivity index (χ4n) is 1.67. The lowest BCUT2D eigenvalue weighted by Crippen LogP contribution is -1.98. The molecule has 0 unspecified atom stereocenters. The first-order valence-corrected chi connectivity index (χ1v) is 7.48. The third-order valence-electron chi connectivity index (χ3n) is 2.76. The average molecular weight is 276 g/mol. The van der Waals surface area contributed by atoms with E-state index in [1.807, 2.05) is 24.3 Å². The molecule has 4 heteroatoms. The molecule has 0 saturated heterocycles. The minimum Gasteiger partial charge on any atom is -0.486 e. The highest BCUT2D eigenvalue weighted by Gasteiger charge is 2.06. The van der Waals surface area contributed by atoms with Crippen LogP contribution in [-0.4, -0.2) is 11.5 Å². The van der Waals surface area contributed by atoms with E-state index >= 15 is 0 Å². The molecule has 0 radical (unpaired) electrons. The van der Waals surface area contributed by atoms with E-state index in [2.05, 4.69) is 36.5 Å². The largest absolute Gasteiger partial charge is 0.486 e. The van der Waals surface area contributed by atoms with Crippen LogP contribution in [0.1, 0.15) is 37.4 Å². The summed E-state index contributed by atoms with van der Waals surface area (Å²) in [6.07, 6.45) is 0. The van der Waals surface area contributed by atoms with E-state index in [4.69, 9.17) is 4.74 Å². The van der Waals surface area contributed by atoms with E-state index in [1.165, 1.54) is 0 Å². The molecule has 0 aliphatic heterocycles. The van der Waals surface area contributed by atoms with Crippen LogP contribution >= 0.6 is 11.3 Å². The van der Waals surface area contributed by atoms with Crippen molar-refractivity contribution in [3.63, 3.8) is 0 Å². The maximum absolute atomic E-state index is 5.74. The number of aromatic nitrogens is 1.